The SMILES string of the molecule is Cc1ccoc1C(=O)N1CCN(CC#N)CC1. The molecule has 1 fully saturated rings. The van der Waals surface area contributed by atoms with Gasteiger partial charge in [0.1, 0.15) is 0 Å². The van der Waals surface area contributed by atoms with E-state index in [0.29, 0.717) is 25.4 Å². The van der Waals surface area contributed by atoms with Crippen LogP contribution >= 0.6 is 0 Å². The van der Waals surface area contributed by atoms with Crippen molar-refractivity contribution in [1.82, 2.24) is 9.80 Å². The van der Waals surface area contributed by atoms with E-state index in [1.165, 1.54) is 6.26 Å². The van der Waals surface area contributed by atoms with E-state index >= 15 is 0 Å². The summed E-state index contributed by atoms with van der Waals surface area (Å²) in [6, 6.07) is 3.91. The van der Waals surface area contributed by atoms with Crippen LogP contribution in [0.15, 0.2) is 16.7 Å². The lowest BCUT2D eigenvalue weighted by molar-refractivity contribution is 0.0619. The van der Waals surface area contributed by atoms with E-state index in [-0.39, 0.29) is 5.91 Å². The zero-order valence-electron chi connectivity index (χ0n) is 9.85. The molecule has 1 aliphatic rings. The maximum atomic E-state index is 12.1. The highest BCUT2D eigenvalue weighted by molar-refractivity contribution is 5.92. The lowest BCUT2D eigenvalue weighted by Crippen LogP contribution is -2.48. The zero-order chi connectivity index (χ0) is 12.3. The molecule has 1 aliphatic heterocycles. The Hall–Kier alpha value is -1.80. The standard InChI is InChI=1S/C12H15N3O2/c1-10-2-9-17-11(10)12(16)15-7-5-14(4-3-13)6-8-15/h2,9H,4-8H2,1H3. The largest absolute Gasteiger partial charge is 0.459 e. The fraction of sp³-hybridized carbons (Fsp3) is 0.500. The molecule has 5 nitrogen and oxygen atoms in total. The van der Waals surface area contributed by atoms with Crippen molar-refractivity contribution >= 4 is 5.91 Å². The van der Waals surface area contributed by atoms with Gasteiger partial charge in [0, 0.05) is 31.7 Å². The van der Waals surface area contributed by atoms with E-state index in [1.807, 2.05) is 11.8 Å². The number of furan rings is 1. The molecule has 1 aromatic rings. The van der Waals surface area contributed by atoms with Gasteiger partial charge >= 0.3 is 0 Å². The molecule has 0 N–H and O–H groups in total. The van der Waals surface area contributed by atoms with E-state index in [1.54, 1.807) is 11.0 Å². The lowest BCUT2D eigenvalue weighted by Gasteiger charge is -2.32. The predicted octanol–water partition coefficient (Wildman–Crippen LogP) is 0.869. The second kappa shape index (κ2) is 5.02. The molecule has 0 aliphatic carbocycles. The minimum atomic E-state index is -0.0518. The third-order valence-electron chi connectivity index (χ3n) is 3.01. The van der Waals surface area contributed by atoms with Crippen molar-refractivity contribution in [3.8, 4) is 6.07 Å². The molecule has 0 aromatic carbocycles. The van der Waals surface area contributed by atoms with Gasteiger partial charge < -0.3 is 9.32 Å². The molecule has 2 rings (SSSR count). The summed E-state index contributed by atoms with van der Waals surface area (Å²) in [6.07, 6.45) is 1.54. The maximum Gasteiger partial charge on any atom is 0.289 e. The Morgan fingerprint density at radius 1 is 1.47 bits per heavy atom. The number of nitriles is 1. The molecule has 90 valence electrons. The Labute approximate surface area is 100 Å². The minimum Gasteiger partial charge on any atom is -0.459 e. The van der Waals surface area contributed by atoms with Gasteiger partial charge in [0.25, 0.3) is 5.91 Å². The topological polar surface area (TPSA) is 60.5 Å². The highest BCUT2D eigenvalue weighted by atomic mass is 16.3. The highest BCUT2D eigenvalue weighted by Gasteiger charge is 2.24. The molecule has 17 heavy (non-hydrogen) atoms. The Morgan fingerprint density at radius 3 is 2.71 bits per heavy atom. The normalized spacial score (nSPS) is 16.8. The molecule has 2 heterocycles. The van der Waals surface area contributed by atoms with Gasteiger partial charge in [0.2, 0.25) is 0 Å². The van der Waals surface area contributed by atoms with Crippen LogP contribution in [0.25, 0.3) is 0 Å². The van der Waals surface area contributed by atoms with Crippen LogP contribution in [-0.4, -0.2) is 48.4 Å². The zero-order valence-corrected chi connectivity index (χ0v) is 9.85. The number of aryl methyl sites for hydroxylation is 1. The third-order valence-corrected chi connectivity index (χ3v) is 3.01. The van der Waals surface area contributed by atoms with Crippen molar-refractivity contribution in [3.05, 3.63) is 23.7 Å². The van der Waals surface area contributed by atoms with Crippen molar-refractivity contribution < 1.29 is 9.21 Å². The number of carbonyl (C=O) groups excluding carboxylic acids is 1. The fourth-order valence-corrected chi connectivity index (χ4v) is 1.94. The molecule has 0 atom stereocenters. The lowest BCUT2D eigenvalue weighted by atomic mass is 10.2. The monoisotopic (exact) mass is 233 g/mol. The summed E-state index contributed by atoms with van der Waals surface area (Å²) < 4.78 is 5.20. The molecule has 0 bridgehead atoms. The van der Waals surface area contributed by atoms with Gasteiger partial charge in [-0.05, 0) is 13.0 Å². The first kappa shape index (κ1) is 11.7. The smallest absolute Gasteiger partial charge is 0.289 e. The van der Waals surface area contributed by atoms with Crippen molar-refractivity contribution in [1.29, 1.82) is 5.26 Å². The van der Waals surface area contributed by atoms with Gasteiger partial charge in [-0.2, -0.15) is 5.26 Å². The van der Waals surface area contributed by atoms with Crippen LogP contribution in [0, 0.1) is 18.3 Å². The molecule has 0 saturated carbocycles. The predicted molar refractivity (Wildman–Crippen MR) is 61.4 cm³/mol. The Bertz CT molecular complexity index is 439. The number of rotatable bonds is 2. The van der Waals surface area contributed by atoms with Gasteiger partial charge in [0.15, 0.2) is 5.76 Å². The summed E-state index contributed by atoms with van der Waals surface area (Å²) in [7, 11) is 0. The van der Waals surface area contributed by atoms with Crippen LogP contribution < -0.4 is 0 Å². The summed E-state index contributed by atoms with van der Waals surface area (Å²) >= 11 is 0. The van der Waals surface area contributed by atoms with Crippen LogP contribution in [0.5, 0.6) is 0 Å². The van der Waals surface area contributed by atoms with Gasteiger partial charge in [-0.1, -0.05) is 0 Å². The van der Waals surface area contributed by atoms with Gasteiger partial charge in [-0.25, -0.2) is 0 Å². The number of nitrogens with zero attached hydrogens (tertiary/aromatic N) is 3. The summed E-state index contributed by atoms with van der Waals surface area (Å²) in [5.74, 6) is 0.378. The molecular formula is C12H15N3O2. The van der Waals surface area contributed by atoms with Crippen LogP contribution in [0.3, 0.4) is 0 Å². The minimum absolute atomic E-state index is 0.0518. The number of piperazine rings is 1. The van der Waals surface area contributed by atoms with Crippen molar-refractivity contribution in [2.75, 3.05) is 32.7 Å². The number of carbonyl (C=O) groups is 1. The summed E-state index contributed by atoms with van der Waals surface area (Å²) in [5, 5.41) is 8.59. The van der Waals surface area contributed by atoms with E-state index in [0.717, 1.165) is 18.7 Å². The second-order valence-electron chi connectivity index (χ2n) is 4.16. The highest BCUT2D eigenvalue weighted by Crippen LogP contribution is 2.13. The number of hydrogen-bond donors (Lipinski definition) is 0. The Kier molecular flexibility index (Phi) is 3.45. The number of hydrogen-bond acceptors (Lipinski definition) is 4. The molecule has 0 spiro atoms. The molecule has 5 heteroatoms. The average molecular weight is 233 g/mol. The molecule has 0 radical (unpaired) electrons. The summed E-state index contributed by atoms with van der Waals surface area (Å²) in [6.45, 7) is 5.10. The van der Waals surface area contributed by atoms with E-state index in [9.17, 15) is 4.79 Å². The third kappa shape index (κ3) is 2.48. The van der Waals surface area contributed by atoms with E-state index < -0.39 is 0 Å². The first-order chi connectivity index (χ1) is 8.22. The van der Waals surface area contributed by atoms with Gasteiger partial charge in [0.05, 0.1) is 18.9 Å². The molecule has 0 unspecified atom stereocenters. The molecular weight excluding hydrogens is 218 g/mol. The van der Waals surface area contributed by atoms with Crippen molar-refractivity contribution in [2.24, 2.45) is 0 Å². The van der Waals surface area contributed by atoms with Crippen molar-refractivity contribution in [2.45, 2.75) is 6.92 Å². The first-order valence-corrected chi connectivity index (χ1v) is 5.65. The van der Waals surface area contributed by atoms with Crippen LogP contribution in [-0.2, 0) is 0 Å². The molecule has 1 aromatic heterocycles. The Balaban J connectivity index is 1.96. The second-order valence-corrected chi connectivity index (χ2v) is 4.16. The van der Waals surface area contributed by atoms with E-state index in [2.05, 4.69) is 6.07 Å². The molecule has 1 saturated heterocycles. The summed E-state index contributed by atoms with van der Waals surface area (Å²) in [5.41, 5.74) is 0.870. The van der Waals surface area contributed by atoms with Crippen LogP contribution in [0.2, 0.25) is 0 Å². The van der Waals surface area contributed by atoms with Crippen LogP contribution in [0.4, 0.5) is 0 Å². The molecule has 1 amide bonds. The summed E-state index contributed by atoms with van der Waals surface area (Å²) in [4.78, 5) is 15.9. The maximum absolute atomic E-state index is 12.1. The van der Waals surface area contributed by atoms with Gasteiger partial charge in [-0.15, -0.1) is 0 Å². The number of amides is 1. The Morgan fingerprint density at radius 2 is 2.18 bits per heavy atom. The van der Waals surface area contributed by atoms with Crippen LogP contribution in [0.1, 0.15) is 16.1 Å². The fourth-order valence-electron chi connectivity index (χ4n) is 1.94. The van der Waals surface area contributed by atoms with Crippen molar-refractivity contribution in [3.63, 3.8) is 0 Å². The first-order valence-electron chi connectivity index (χ1n) is 5.65. The van der Waals surface area contributed by atoms with Gasteiger partial charge in [-0.3, -0.25) is 9.69 Å². The average Bonchev–Trinajstić information content (AvgIpc) is 2.76. The van der Waals surface area contributed by atoms with E-state index in [4.69, 9.17) is 9.68 Å². The quantitative estimate of drug-likeness (QED) is 0.711.